The number of halogens is 1. The molecule has 0 spiro atoms. The molecule has 0 aliphatic heterocycles. The van der Waals surface area contributed by atoms with Crippen molar-refractivity contribution in [1.82, 2.24) is 10.2 Å². The summed E-state index contributed by atoms with van der Waals surface area (Å²) in [5.74, 6) is -0.151. The molecular weight excluding hydrogens is 550 g/mol. The smallest absolute Gasteiger partial charge is 0.264 e. The van der Waals surface area contributed by atoms with Crippen molar-refractivity contribution in [3.05, 3.63) is 88.9 Å². The lowest BCUT2D eigenvalue weighted by Gasteiger charge is -2.33. The normalized spacial score (nSPS) is 11.9. The maximum atomic E-state index is 14.1. The first kappa shape index (κ1) is 31.0. The summed E-state index contributed by atoms with van der Waals surface area (Å²) in [5, 5.41) is 3.21. The first-order chi connectivity index (χ1) is 19.1. The van der Waals surface area contributed by atoms with Crippen LogP contribution in [0.3, 0.4) is 0 Å². The van der Waals surface area contributed by atoms with Gasteiger partial charge in [-0.2, -0.15) is 0 Å². The molecule has 3 rings (SSSR count). The molecule has 0 saturated heterocycles. The van der Waals surface area contributed by atoms with Gasteiger partial charge in [0.25, 0.3) is 10.0 Å². The topological polar surface area (TPSA) is 96.0 Å². The molecule has 0 aliphatic carbocycles. The van der Waals surface area contributed by atoms with Gasteiger partial charge in [-0.3, -0.25) is 13.9 Å². The van der Waals surface area contributed by atoms with Gasteiger partial charge < -0.3 is 15.0 Å². The van der Waals surface area contributed by atoms with Crippen LogP contribution in [0, 0.1) is 6.92 Å². The van der Waals surface area contributed by atoms with Crippen molar-refractivity contribution < 1.29 is 22.7 Å². The maximum Gasteiger partial charge on any atom is 0.264 e. The molecule has 8 nitrogen and oxygen atoms in total. The van der Waals surface area contributed by atoms with E-state index < -0.39 is 28.5 Å². The summed E-state index contributed by atoms with van der Waals surface area (Å²) < 4.78 is 34.2. The van der Waals surface area contributed by atoms with Crippen molar-refractivity contribution in [1.29, 1.82) is 0 Å². The van der Waals surface area contributed by atoms with E-state index in [1.165, 1.54) is 23.1 Å². The van der Waals surface area contributed by atoms with Crippen molar-refractivity contribution >= 4 is 39.1 Å². The standard InChI is InChI=1S/C30H36ClN3O5S/c1-5-18-32-30(36)27(6-2)33(20-23-13-16-25(39-4)17-14-23)29(35)21-34(28-19-24(31)15-12-22(28)3)40(37,38)26-10-8-7-9-11-26/h7-17,19,27H,5-6,18,20-21H2,1-4H3,(H,32,36)/t27-/m1/s1. The fourth-order valence-electron chi connectivity index (χ4n) is 4.30. The Morgan fingerprint density at radius 3 is 2.27 bits per heavy atom. The molecular formula is C30H36ClN3O5S. The number of aryl methyl sites for hydroxylation is 1. The van der Waals surface area contributed by atoms with Crippen LogP contribution in [0.5, 0.6) is 5.75 Å². The summed E-state index contributed by atoms with van der Waals surface area (Å²) >= 11 is 6.27. The van der Waals surface area contributed by atoms with Crippen LogP contribution in [0.15, 0.2) is 77.7 Å². The summed E-state index contributed by atoms with van der Waals surface area (Å²) in [5.41, 5.74) is 1.69. The third-order valence-corrected chi connectivity index (χ3v) is 8.51. The third kappa shape index (κ3) is 7.55. The molecule has 0 unspecified atom stereocenters. The molecule has 214 valence electrons. The fraction of sp³-hybridized carbons (Fsp3) is 0.333. The van der Waals surface area contributed by atoms with Gasteiger partial charge in [-0.05, 0) is 67.3 Å². The number of carbonyl (C=O) groups is 2. The number of sulfonamides is 1. The van der Waals surface area contributed by atoms with Crippen molar-refractivity contribution in [3.63, 3.8) is 0 Å². The zero-order valence-electron chi connectivity index (χ0n) is 23.3. The Morgan fingerprint density at radius 1 is 1.00 bits per heavy atom. The Hall–Kier alpha value is -3.56. The molecule has 0 aliphatic rings. The van der Waals surface area contributed by atoms with E-state index in [0.717, 1.165) is 16.3 Å². The second kappa shape index (κ2) is 14.2. The number of carbonyl (C=O) groups excluding carboxylic acids is 2. The monoisotopic (exact) mass is 585 g/mol. The van der Waals surface area contributed by atoms with Crippen molar-refractivity contribution in [2.45, 2.75) is 51.1 Å². The number of benzene rings is 3. The Kier molecular flexibility index (Phi) is 11.0. The highest BCUT2D eigenvalue weighted by Crippen LogP contribution is 2.30. The second-order valence-corrected chi connectivity index (χ2v) is 11.6. The van der Waals surface area contributed by atoms with E-state index in [-0.39, 0.29) is 23.0 Å². The molecule has 0 bridgehead atoms. The van der Waals surface area contributed by atoms with Crippen LogP contribution >= 0.6 is 11.6 Å². The van der Waals surface area contributed by atoms with Crippen LogP contribution in [0.1, 0.15) is 37.8 Å². The van der Waals surface area contributed by atoms with Gasteiger partial charge in [-0.25, -0.2) is 8.42 Å². The number of anilines is 1. The van der Waals surface area contributed by atoms with Crippen LogP contribution < -0.4 is 14.4 Å². The molecule has 3 aromatic rings. The number of nitrogens with one attached hydrogen (secondary N) is 1. The zero-order chi connectivity index (χ0) is 29.3. The minimum Gasteiger partial charge on any atom is -0.497 e. The summed E-state index contributed by atoms with van der Waals surface area (Å²) in [6.07, 6.45) is 1.09. The van der Waals surface area contributed by atoms with Crippen molar-refractivity contribution in [2.75, 3.05) is 24.5 Å². The summed E-state index contributed by atoms with van der Waals surface area (Å²) in [6.45, 7) is 5.58. The highest BCUT2D eigenvalue weighted by Gasteiger charge is 2.34. The van der Waals surface area contributed by atoms with E-state index in [1.807, 2.05) is 26.0 Å². The number of methoxy groups -OCH3 is 1. The van der Waals surface area contributed by atoms with Crippen molar-refractivity contribution in [2.24, 2.45) is 0 Å². The van der Waals surface area contributed by atoms with E-state index in [4.69, 9.17) is 16.3 Å². The van der Waals surface area contributed by atoms with Gasteiger partial charge in [-0.1, -0.05) is 61.8 Å². The number of hydrogen-bond donors (Lipinski definition) is 1. The van der Waals surface area contributed by atoms with Crippen LogP contribution in [0.25, 0.3) is 0 Å². The molecule has 0 aromatic heterocycles. The average Bonchev–Trinajstić information content (AvgIpc) is 2.96. The SMILES string of the molecule is CCCNC(=O)[C@@H](CC)N(Cc1ccc(OC)cc1)C(=O)CN(c1cc(Cl)ccc1C)S(=O)(=O)c1ccccc1. The van der Waals surface area contributed by atoms with Gasteiger partial charge in [0.05, 0.1) is 17.7 Å². The van der Waals surface area contributed by atoms with Gasteiger partial charge in [0.2, 0.25) is 11.8 Å². The molecule has 10 heteroatoms. The number of hydrogen-bond acceptors (Lipinski definition) is 5. The van der Waals surface area contributed by atoms with Gasteiger partial charge in [0.1, 0.15) is 18.3 Å². The first-order valence-corrected chi connectivity index (χ1v) is 15.0. The fourth-order valence-corrected chi connectivity index (χ4v) is 5.96. The number of nitrogens with zero attached hydrogens (tertiary/aromatic N) is 2. The minimum atomic E-state index is -4.16. The van der Waals surface area contributed by atoms with E-state index in [1.54, 1.807) is 56.5 Å². The van der Waals surface area contributed by atoms with Crippen LogP contribution in [0.2, 0.25) is 5.02 Å². The molecule has 0 saturated carbocycles. The molecule has 2 amide bonds. The van der Waals surface area contributed by atoms with Crippen molar-refractivity contribution in [3.8, 4) is 5.75 Å². The average molecular weight is 586 g/mol. The van der Waals surface area contributed by atoms with Crippen LogP contribution in [-0.2, 0) is 26.2 Å². The van der Waals surface area contributed by atoms with E-state index in [0.29, 0.717) is 29.3 Å². The molecule has 3 aromatic carbocycles. The Bertz CT molecular complexity index is 1400. The van der Waals surface area contributed by atoms with E-state index in [2.05, 4.69) is 5.32 Å². The molecule has 0 fully saturated rings. The number of ether oxygens (including phenoxy) is 1. The van der Waals surface area contributed by atoms with Gasteiger partial charge in [0.15, 0.2) is 0 Å². The lowest BCUT2D eigenvalue weighted by molar-refractivity contribution is -0.140. The zero-order valence-corrected chi connectivity index (χ0v) is 24.8. The quantitative estimate of drug-likeness (QED) is 0.298. The highest BCUT2D eigenvalue weighted by atomic mass is 35.5. The third-order valence-electron chi connectivity index (χ3n) is 6.50. The van der Waals surface area contributed by atoms with E-state index >= 15 is 0 Å². The van der Waals surface area contributed by atoms with Gasteiger partial charge >= 0.3 is 0 Å². The van der Waals surface area contributed by atoms with Gasteiger partial charge in [-0.15, -0.1) is 0 Å². The Labute approximate surface area is 241 Å². The molecule has 1 N–H and O–H groups in total. The predicted molar refractivity (Wildman–Crippen MR) is 158 cm³/mol. The predicted octanol–water partition coefficient (Wildman–Crippen LogP) is 5.19. The molecule has 40 heavy (non-hydrogen) atoms. The summed E-state index contributed by atoms with van der Waals surface area (Å²) in [4.78, 5) is 28.7. The first-order valence-electron chi connectivity index (χ1n) is 13.2. The number of amides is 2. The summed E-state index contributed by atoms with van der Waals surface area (Å²) in [6, 6.07) is 19.2. The maximum absolute atomic E-state index is 14.1. The minimum absolute atomic E-state index is 0.0385. The lowest BCUT2D eigenvalue weighted by Crippen LogP contribution is -2.52. The summed E-state index contributed by atoms with van der Waals surface area (Å²) in [7, 11) is -2.60. The van der Waals surface area contributed by atoms with Crippen LogP contribution in [-0.4, -0.2) is 51.4 Å². The van der Waals surface area contributed by atoms with E-state index in [9.17, 15) is 18.0 Å². The molecule has 1 atom stereocenters. The molecule has 0 radical (unpaired) electrons. The van der Waals surface area contributed by atoms with Crippen LogP contribution in [0.4, 0.5) is 5.69 Å². The highest BCUT2D eigenvalue weighted by molar-refractivity contribution is 7.92. The second-order valence-electron chi connectivity index (χ2n) is 9.34. The lowest BCUT2D eigenvalue weighted by atomic mass is 10.1. The van der Waals surface area contributed by atoms with Gasteiger partial charge in [0, 0.05) is 18.1 Å². The molecule has 0 heterocycles. The Morgan fingerprint density at radius 2 is 1.68 bits per heavy atom. The number of rotatable bonds is 13. The Balaban J connectivity index is 2.07. The largest absolute Gasteiger partial charge is 0.497 e.